The standard InChI is InChI=1S/C25H19Cl2N5O5/c1-2-32-23(34)20(29-25(37)30-22-17(26)11-28-12-18(22)27)10-19(31-32)15-5-3-4-13(8-15)14-6-7-16(24(35)36)21(33)9-14/h3-12,33H,2H2,1H3,(H,35,36)(H2,28,29,30,37). The van der Waals surface area contributed by atoms with Crippen molar-refractivity contribution in [2.45, 2.75) is 13.5 Å². The molecular formula is C25H19Cl2N5O5. The second kappa shape index (κ2) is 10.7. The summed E-state index contributed by atoms with van der Waals surface area (Å²) in [4.78, 5) is 40.5. The topological polar surface area (TPSA) is 146 Å². The van der Waals surface area contributed by atoms with Gasteiger partial charge in [-0.05, 0) is 42.3 Å². The van der Waals surface area contributed by atoms with E-state index < -0.39 is 17.6 Å². The van der Waals surface area contributed by atoms with Gasteiger partial charge in [-0.15, -0.1) is 0 Å². The minimum absolute atomic E-state index is 0.0282. The third kappa shape index (κ3) is 5.55. The average molecular weight is 540 g/mol. The Morgan fingerprint density at radius 3 is 2.30 bits per heavy atom. The van der Waals surface area contributed by atoms with Gasteiger partial charge in [0.25, 0.3) is 5.56 Å². The quantitative estimate of drug-likeness (QED) is 0.258. The molecule has 0 bridgehead atoms. The molecule has 2 amide bonds. The number of aryl methyl sites for hydroxylation is 1. The predicted octanol–water partition coefficient (Wildman–Crippen LogP) is 5.35. The highest BCUT2D eigenvalue weighted by atomic mass is 35.5. The number of anilines is 2. The smallest absolute Gasteiger partial charge is 0.339 e. The first-order chi connectivity index (χ1) is 17.7. The maximum absolute atomic E-state index is 12.8. The van der Waals surface area contributed by atoms with Gasteiger partial charge in [0, 0.05) is 24.5 Å². The number of aromatic nitrogens is 3. The summed E-state index contributed by atoms with van der Waals surface area (Å²) >= 11 is 12.1. The lowest BCUT2D eigenvalue weighted by molar-refractivity contribution is 0.0693. The van der Waals surface area contributed by atoms with Crippen LogP contribution in [0.4, 0.5) is 16.2 Å². The van der Waals surface area contributed by atoms with E-state index in [0.29, 0.717) is 22.4 Å². The van der Waals surface area contributed by atoms with Crippen LogP contribution in [0.1, 0.15) is 17.3 Å². The van der Waals surface area contributed by atoms with E-state index >= 15 is 0 Å². The number of pyridine rings is 1. The largest absolute Gasteiger partial charge is 0.507 e. The number of hydrogen-bond donors (Lipinski definition) is 4. The number of aromatic hydroxyl groups is 1. The number of carbonyl (C=O) groups is 2. The minimum atomic E-state index is -1.23. The highest BCUT2D eigenvalue weighted by Gasteiger charge is 2.16. The number of halogens is 2. The van der Waals surface area contributed by atoms with Crippen LogP contribution in [-0.2, 0) is 6.54 Å². The molecule has 0 fully saturated rings. The number of nitrogens with one attached hydrogen (secondary N) is 2. The van der Waals surface area contributed by atoms with Gasteiger partial charge in [0.05, 0.1) is 21.4 Å². The number of phenols is 1. The van der Waals surface area contributed by atoms with E-state index in [4.69, 9.17) is 28.3 Å². The van der Waals surface area contributed by atoms with Crippen LogP contribution in [0, 0.1) is 0 Å². The number of benzene rings is 2. The van der Waals surface area contributed by atoms with Gasteiger partial charge in [-0.1, -0.05) is 47.5 Å². The number of amides is 2. The highest BCUT2D eigenvalue weighted by Crippen LogP contribution is 2.31. The molecule has 37 heavy (non-hydrogen) atoms. The van der Waals surface area contributed by atoms with E-state index in [2.05, 4.69) is 20.7 Å². The molecule has 10 nitrogen and oxygen atoms in total. The molecule has 4 N–H and O–H groups in total. The van der Waals surface area contributed by atoms with Crippen molar-refractivity contribution in [3.63, 3.8) is 0 Å². The van der Waals surface area contributed by atoms with Crippen LogP contribution in [0.25, 0.3) is 22.4 Å². The van der Waals surface area contributed by atoms with Gasteiger partial charge in [0.1, 0.15) is 17.0 Å². The van der Waals surface area contributed by atoms with Gasteiger partial charge >= 0.3 is 12.0 Å². The molecule has 0 saturated carbocycles. The molecule has 0 atom stereocenters. The molecule has 0 saturated heterocycles. The summed E-state index contributed by atoms with van der Waals surface area (Å²) < 4.78 is 1.21. The summed E-state index contributed by atoms with van der Waals surface area (Å²) in [6, 6.07) is 12.0. The Kier molecular flexibility index (Phi) is 7.42. The maximum Gasteiger partial charge on any atom is 0.339 e. The van der Waals surface area contributed by atoms with Crippen LogP contribution in [0.2, 0.25) is 10.0 Å². The molecule has 0 aliphatic heterocycles. The molecule has 4 rings (SSSR count). The summed E-state index contributed by atoms with van der Waals surface area (Å²) in [6.07, 6.45) is 2.64. The Morgan fingerprint density at radius 1 is 0.973 bits per heavy atom. The summed E-state index contributed by atoms with van der Waals surface area (Å²) in [5.41, 5.74) is 1.66. The Bertz CT molecular complexity index is 1570. The molecule has 12 heteroatoms. The number of urea groups is 1. The van der Waals surface area contributed by atoms with Crippen molar-refractivity contribution in [1.82, 2.24) is 14.8 Å². The molecule has 2 aromatic carbocycles. The lowest BCUT2D eigenvalue weighted by Gasteiger charge is -2.13. The summed E-state index contributed by atoms with van der Waals surface area (Å²) in [5, 5.41) is 28.9. The zero-order chi connectivity index (χ0) is 26.7. The molecule has 0 aliphatic rings. The second-order valence-electron chi connectivity index (χ2n) is 7.74. The number of hydrogen-bond acceptors (Lipinski definition) is 6. The molecule has 0 unspecified atom stereocenters. The van der Waals surface area contributed by atoms with Crippen molar-refractivity contribution < 1.29 is 19.8 Å². The first-order valence-corrected chi connectivity index (χ1v) is 11.6. The molecule has 188 valence electrons. The summed E-state index contributed by atoms with van der Waals surface area (Å²) in [5.74, 6) is -1.60. The zero-order valence-electron chi connectivity index (χ0n) is 19.2. The maximum atomic E-state index is 12.8. The van der Waals surface area contributed by atoms with Crippen LogP contribution in [-0.4, -0.2) is 37.0 Å². The van der Waals surface area contributed by atoms with E-state index in [1.165, 1.54) is 35.3 Å². The van der Waals surface area contributed by atoms with Gasteiger partial charge in [-0.3, -0.25) is 9.78 Å². The number of carboxylic acids is 1. The van der Waals surface area contributed by atoms with Crippen molar-refractivity contribution in [2.75, 3.05) is 10.6 Å². The van der Waals surface area contributed by atoms with Crippen molar-refractivity contribution >= 4 is 46.6 Å². The lowest BCUT2D eigenvalue weighted by Crippen LogP contribution is -2.29. The number of carbonyl (C=O) groups excluding carboxylic acids is 1. The summed E-state index contributed by atoms with van der Waals surface area (Å²) in [7, 11) is 0. The van der Waals surface area contributed by atoms with E-state index in [-0.39, 0.29) is 39.3 Å². The SMILES string of the molecule is CCn1nc(-c2cccc(-c3ccc(C(=O)O)c(O)c3)c2)cc(NC(=O)Nc2c(Cl)cncc2Cl)c1=O. The fourth-order valence-corrected chi connectivity index (χ4v) is 3.99. The van der Waals surface area contributed by atoms with Crippen molar-refractivity contribution in [2.24, 2.45) is 0 Å². The third-order valence-electron chi connectivity index (χ3n) is 5.33. The highest BCUT2D eigenvalue weighted by molar-refractivity contribution is 6.39. The minimum Gasteiger partial charge on any atom is -0.507 e. The van der Waals surface area contributed by atoms with Crippen LogP contribution < -0.4 is 16.2 Å². The molecule has 0 aliphatic carbocycles. The molecule has 0 spiro atoms. The predicted molar refractivity (Wildman–Crippen MR) is 141 cm³/mol. The van der Waals surface area contributed by atoms with Crippen LogP contribution in [0.3, 0.4) is 0 Å². The van der Waals surface area contributed by atoms with Crippen LogP contribution in [0.5, 0.6) is 5.75 Å². The fraction of sp³-hybridized carbons (Fsp3) is 0.0800. The second-order valence-corrected chi connectivity index (χ2v) is 8.55. The van der Waals surface area contributed by atoms with Gasteiger partial charge in [0.15, 0.2) is 0 Å². The number of carboxylic acid groups (broad SMARTS) is 1. The number of aromatic carboxylic acids is 1. The normalized spacial score (nSPS) is 10.7. The molecule has 2 heterocycles. The first kappa shape index (κ1) is 25.7. The van der Waals surface area contributed by atoms with Gasteiger partial charge in [-0.2, -0.15) is 5.10 Å². The van der Waals surface area contributed by atoms with Crippen molar-refractivity contribution in [1.29, 1.82) is 0 Å². The lowest BCUT2D eigenvalue weighted by atomic mass is 10.00. The van der Waals surface area contributed by atoms with E-state index in [1.807, 2.05) is 0 Å². The Hall–Kier alpha value is -4.41. The zero-order valence-corrected chi connectivity index (χ0v) is 20.7. The first-order valence-electron chi connectivity index (χ1n) is 10.8. The van der Waals surface area contributed by atoms with Crippen molar-refractivity contribution in [3.8, 4) is 28.1 Å². The van der Waals surface area contributed by atoms with Gasteiger partial charge in [-0.25, -0.2) is 14.3 Å². The van der Waals surface area contributed by atoms with Crippen molar-refractivity contribution in [3.05, 3.63) is 86.9 Å². The number of nitrogens with zero attached hydrogens (tertiary/aromatic N) is 3. The van der Waals surface area contributed by atoms with Gasteiger partial charge < -0.3 is 20.8 Å². The Balaban J connectivity index is 1.68. The van der Waals surface area contributed by atoms with E-state index in [9.17, 15) is 19.5 Å². The number of rotatable bonds is 6. The van der Waals surface area contributed by atoms with E-state index in [0.717, 1.165) is 0 Å². The third-order valence-corrected chi connectivity index (χ3v) is 5.91. The van der Waals surface area contributed by atoms with E-state index in [1.54, 1.807) is 37.3 Å². The van der Waals surface area contributed by atoms with Crippen LogP contribution >= 0.6 is 23.2 Å². The average Bonchev–Trinajstić information content (AvgIpc) is 2.87. The Morgan fingerprint density at radius 2 is 1.65 bits per heavy atom. The van der Waals surface area contributed by atoms with Crippen LogP contribution in [0.15, 0.2) is 65.7 Å². The monoisotopic (exact) mass is 539 g/mol. The summed E-state index contributed by atoms with van der Waals surface area (Å²) in [6.45, 7) is 1.98. The molecule has 4 aromatic rings. The Labute approximate surface area is 220 Å². The van der Waals surface area contributed by atoms with Gasteiger partial charge in [0.2, 0.25) is 0 Å². The molecular weight excluding hydrogens is 521 g/mol. The fourth-order valence-electron chi connectivity index (χ4n) is 3.53. The molecule has 0 radical (unpaired) electrons. The molecule has 2 aromatic heterocycles.